The summed E-state index contributed by atoms with van der Waals surface area (Å²) in [5.41, 5.74) is 13.8. The zero-order chi connectivity index (χ0) is 29.0. The van der Waals surface area contributed by atoms with Crippen molar-refractivity contribution in [3.8, 4) is 28.5 Å². The number of hydrogen-bond donors (Lipinski definition) is 0. The van der Waals surface area contributed by atoms with E-state index in [1.165, 1.54) is 0 Å². The molecule has 5 heteroatoms. The smallest absolute Gasteiger partial charge is 0.238 e. The highest BCUT2D eigenvalue weighted by atomic mass is 16.3. The molecule has 204 valence electrons. The van der Waals surface area contributed by atoms with Crippen molar-refractivity contribution in [2.45, 2.75) is 0 Å². The highest BCUT2D eigenvalue weighted by molar-refractivity contribution is 6.10. The van der Waals surface area contributed by atoms with Gasteiger partial charge in [0.25, 0.3) is 0 Å². The van der Waals surface area contributed by atoms with E-state index >= 15 is 0 Å². The van der Waals surface area contributed by atoms with Crippen LogP contribution in [-0.2, 0) is 0 Å². The third kappa shape index (κ3) is 3.79. The number of aromatic nitrogens is 4. The molecular formula is C39H22N4O. The number of furan rings is 1. The first kappa shape index (κ1) is 24.4. The minimum atomic E-state index is 0.508. The second-order valence-electron chi connectivity index (χ2n) is 10.7. The molecule has 1 aliphatic carbocycles. The van der Waals surface area contributed by atoms with Crippen LogP contribution in [-0.4, -0.2) is 19.5 Å². The summed E-state index contributed by atoms with van der Waals surface area (Å²) in [6.45, 7) is 0. The number of rotatable bonds is 4. The first-order chi connectivity index (χ1) is 21.8. The predicted octanol–water partition coefficient (Wildman–Crippen LogP) is 7.35. The molecule has 3 heterocycles. The molecule has 9 rings (SSSR count). The molecular weight excluding hydrogens is 540 g/mol. The third-order valence-electron chi connectivity index (χ3n) is 8.13. The summed E-state index contributed by atoms with van der Waals surface area (Å²) in [6, 6.07) is 43.4. The maximum atomic E-state index is 6.36. The Balaban J connectivity index is 1.37. The molecule has 1 aliphatic rings. The van der Waals surface area contributed by atoms with E-state index in [-0.39, 0.29) is 0 Å². The van der Waals surface area contributed by atoms with Gasteiger partial charge in [0.2, 0.25) is 5.95 Å². The Kier molecular flexibility index (Phi) is 5.34. The van der Waals surface area contributed by atoms with Crippen molar-refractivity contribution >= 4 is 44.1 Å². The van der Waals surface area contributed by atoms with Gasteiger partial charge in [0.15, 0.2) is 17.1 Å². The molecule has 0 saturated heterocycles. The Morgan fingerprint density at radius 3 is 2.07 bits per heavy atom. The molecule has 0 unspecified atom stereocenters. The fourth-order valence-corrected chi connectivity index (χ4v) is 6.07. The van der Waals surface area contributed by atoms with E-state index in [0.29, 0.717) is 23.0 Å². The summed E-state index contributed by atoms with van der Waals surface area (Å²) in [5, 5.41) is 4.10. The first-order valence-corrected chi connectivity index (χ1v) is 14.5. The maximum absolute atomic E-state index is 6.36. The van der Waals surface area contributed by atoms with Crippen LogP contribution in [0, 0.1) is 0 Å². The number of fused-ring (bicyclic) bond motifs is 6. The minimum absolute atomic E-state index is 0.508. The summed E-state index contributed by atoms with van der Waals surface area (Å²) in [6.07, 6.45) is 1.85. The Bertz CT molecular complexity index is 2620. The molecule has 0 aliphatic heterocycles. The van der Waals surface area contributed by atoms with E-state index in [4.69, 9.17) is 19.4 Å². The van der Waals surface area contributed by atoms with Crippen molar-refractivity contribution < 1.29 is 4.42 Å². The number of benzene rings is 5. The quantitative estimate of drug-likeness (QED) is 0.211. The van der Waals surface area contributed by atoms with Gasteiger partial charge in [-0.05, 0) is 35.4 Å². The van der Waals surface area contributed by atoms with Gasteiger partial charge in [-0.3, -0.25) is 4.57 Å². The third-order valence-corrected chi connectivity index (χ3v) is 8.13. The minimum Gasteiger partial charge on any atom is -0.455 e. The summed E-state index contributed by atoms with van der Waals surface area (Å²) in [5.74, 6) is 1.61. The lowest BCUT2D eigenvalue weighted by Crippen LogP contribution is -2.24. The van der Waals surface area contributed by atoms with E-state index < -0.39 is 0 Å². The summed E-state index contributed by atoms with van der Waals surface area (Å²) < 4.78 is 8.50. The number of hydrogen-bond acceptors (Lipinski definition) is 4. The van der Waals surface area contributed by atoms with Crippen LogP contribution in [0.15, 0.2) is 144 Å². The van der Waals surface area contributed by atoms with Crippen LogP contribution < -0.4 is 10.6 Å². The van der Waals surface area contributed by atoms with Crippen molar-refractivity contribution in [1.82, 2.24) is 19.5 Å². The second-order valence-corrected chi connectivity index (χ2v) is 10.7. The molecule has 0 atom stereocenters. The molecule has 44 heavy (non-hydrogen) atoms. The molecule has 0 saturated carbocycles. The van der Waals surface area contributed by atoms with E-state index in [1.54, 1.807) is 0 Å². The SMILES string of the molecule is C1=C=c2c(oc3ccccc23)=C(c2nc(-c3ccccc3)nc(-n3c4ccccc4c4ccc(-c5ccccc5)cc43)n2)C=1. The maximum Gasteiger partial charge on any atom is 0.238 e. The summed E-state index contributed by atoms with van der Waals surface area (Å²) in [7, 11) is 0. The molecule has 5 nitrogen and oxygen atoms in total. The molecule has 0 bridgehead atoms. The lowest BCUT2D eigenvalue weighted by Gasteiger charge is -2.11. The van der Waals surface area contributed by atoms with Crippen molar-refractivity contribution in [2.75, 3.05) is 0 Å². The monoisotopic (exact) mass is 562 g/mol. The average Bonchev–Trinajstić information content (AvgIpc) is 3.64. The predicted molar refractivity (Wildman–Crippen MR) is 175 cm³/mol. The number of nitrogens with zero attached hydrogens (tertiary/aromatic N) is 4. The van der Waals surface area contributed by atoms with E-state index in [9.17, 15) is 0 Å². The van der Waals surface area contributed by atoms with Crippen LogP contribution in [0.2, 0.25) is 0 Å². The number of para-hydroxylation sites is 2. The molecule has 0 fully saturated rings. The first-order valence-electron chi connectivity index (χ1n) is 14.5. The van der Waals surface area contributed by atoms with Gasteiger partial charge in [0.1, 0.15) is 5.58 Å². The van der Waals surface area contributed by atoms with Gasteiger partial charge in [-0.15, -0.1) is 0 Å². The molecule has 0 spiro atoms. The lowest BCUT2D eigenvalue weighted by atomic mass is 10.0. The van der Waals surface area contributed by atoms with Gasteiger partial charge in [-0.25, -0.2) is 4.98 Å². The highest BCUT2D eigenvalue weighted by Gasteiger charge is 2.20. The van der Waals surface area contributed by atoms with Crippen LogP contribution in [0.1, 0.15) is 5.82 Å². The fraction of sp³-hybridized carbons (Fsp3) is 0. The van der Waals surface area contributed by atoms with E-state index in [0.717, 1.165) is 60.3 Å². The zero-order valence-corrected chi connectivity index (χ0v) is 23.4. The number of allylic oxidation sites excluding steroid dienone is 1. The molecule has 0 N–H and O–H groups in total. The topological polar surface area (TPSA) is 56.7 Å². The second kappa shape index (κ2) is 9.65. The van der Waals surface area contributed by atoms with Gasteiger partial charge < -0.3 is 4.42 Å². The van der Waals surface area contributed by atoms with Gasteiger partial charge >= 0.3 is 0 Å². The fourth-order valence-electron chi connectivity index (χ4n) is 6.07. The largest absolute Gasteiger partial charge is 0.455 e. The Morgan fingerprint density at radius 1 is 0.545 bits per heavy atom. The van der Waals surface area contributed by atoms with Crippen molar-refractivity contribution in [1.29, 1.82) is 0 Å². The molecule has 0 amide bonds. The molecule has 5 aromatic carbocycles. The van der Waals surface area contributed by atoms with Gasteiger partial charge in [-0.2, -0.15) is 9.97 Å². The van der Waals surface area contributed by atoms with Crippen LogP contribution in [0.4, 0.5) is 0 Å². The van der Waals surface area contributed by atoms with Crippen molar-refractivity contribution in [2.24, 2.45) is 0 Å². The van der Waals surface area contributed by atoms with Crippen molar-refractivity contribution in [3.63, 3.8) is 0 Å². The molecule has 3 aromatic heterocycles. The molecule has 0 radical (unpaired) electrons. The van der Waals surface area contributed by atoms with Gasteiger partial charge in [0, 0.05) is 27.8 Å². The lowest BCUT2D eigenvalue weighted by molar-refractivity contribution is 0.572. The Labute approximate surface area is 251 Å². The average molecular weight is 563 g/mol. The van der Waals surface area contributed by atoms with Crippen LogP contribution in [0.25, 0.3) is 72.5 Å². The highest BCUT2D eigenvalue weighted by Crippen LogP contribution is 2.34. The van der Waals surface area contributed by atoms with E-state index in [1.807, 2.05) is 66.7 Å². The zero-order valence-electron chi connectivity index (χ0n) is 23.4. The normalized spacial score (nSPS) is 12.2. The van der Waals surface area contributed by atoms with Gasteiger partial charge in [0.05, 0.1) is 21.8 Å². The summed E-state index contributed by atoms with van der Waals surface area (Å²) in [4.78, 5) is 15.2. The van der Waals surface area contributed by atoms with Crippen molar-refractivity contribution in [3.05, 3.63) is 156 Å². The van der Waals surface area contributed by atoms with Crippen LogP contribution >= 0.6 is 0 Å². The Hall–Kier alpha value is -6.25. The molecule has 8 aromatic rings. The standard InChI is InChI=1S/C39H22N4O/c1-3-12-25(13-4-1)27-22-23-29-28-16-7-9-20-33(28)43(34(29)24-27)39-41-37(26-14-5-2-6-15-26)40-38(42-39)32-19-11-18-31-30-17-8-10-21-35(30)44-36(31)32/h1-10,12-17,19-24H. The van der Waals surface area contributed by atoms with Crippen LogP contribution in [0.5, 0.6) is 0 Å². The van der Waals surface area contributed by atoms with Crippen LogP contribution in [0.3, 0.4) is 0 Å². The summed E-state index contributed by atoms with van der Waals surface area (Å²) >= 11 is 0. The van der Waals surface area contributed by atoms with Gasteiger partial charge in [-0.1, -0.05) is 115 Å². The Morgan fingerprint density at radius 2 is 1.23 bits per heavy atom. The van der Waals surface area contributed by atoms with E-state index in [2.05, 4.69) is 82.8 Å².